The van der Waals surface area contributed by atoms with Gasteiger partial charge in [0.25, 0.3) is 5.82 Å². The maximum atomic E-state index is 5.68. The van der Waals surface area contributed by atoms with Gasteiger partial charge in [-0.3, -0.25) is 4.99 Å². The number of imidazole rings is 1. The van der Waals surface area contributed by atoms with Crippen LogP contribution in [0.5, 0.6) is 0 Å². The molecule has 3 aromatic rings. The molecule has 0 saturated carbocycles. The first kappa shape index (κ1) is 20.1. The lowest BCUT2D eigenvalue weighted by Crippen LogP contribution is -2.23. The molecule has 150 valence electrons. The van der Waals surface area contributed by atoms with Crippen molar-refractivity contribution in [2.24, 2.45) is 15.8 Å². The molecule has 0 aromatic carbocycles. The molecule has 10 nitrogen and oxygen atoms in total. The fourth-order valence-corrected chi connectivity index (χ4v) is 2.89. The van der Waals surface area contributed by atoms with Gasteiger partial charge >= 0.3 is 0 Å². The van der Waals surface area contributed by atoms with E-state index in [1.807, 2.05) is 29.7 Å². The number of hydrogen-bond acceptors (Lipinski definition) is 8. The van der Waals surface area contributed by atoms with E-state index < -0.39 is 0 Å². The Morgan fingerprint density at radius 2 is 2.21 bits per heavy atom. The second-order valence-electron chi connectivity index (χ2n) is 6.31. The summed E-state index contributed by atoms with van der Waals surface area (Å²) < 4.78 is 7.24. The second-order valence-corrected chi connectivity index (χ2v) is 6.31. The highest BCUT2D eigenvalue weighted by Gasteiger charge is 2.15. The van der Waals surface area contributed by atoms with Crippen molar-refractivity contribution in [3.8, 4) is 0 Å². The van der Waals surface area contributed by atoms with E-state index in [4.69, 9.17) is 16.0 Å². The summed E-state index contributed by atoms with van der Waals surface area (Å²) in [7, 11) is 3.32. The molecule has 29 heavy (non-hydrogen) atoms. The van der Waals surface area contributed by atoms with Gasteiger partial charge in [0.1, 0.15) is 5.65 Å². The Morgan fingerprint density at radius 1 is 1.38 bits per heavy atom. The summed E-state index contributed by atoms with van der Waals surface area (Å²) in [6, 6.07) is 3.85. The zero-order valence-corrected chi connectivity index (χ0v) is 16.6. The molecule has 0 aliphatic carbocycles. The standard InChI is InChI=1S/C19H23N9O/c1-12(13-4-5-17-23-8-15(11-29-3)28(17)10-13)25-19-18(27-21)24-9-16(26-19)14(6-20)7-22-2/h4-10,12,21H,11,20H2,1-3H3,(H,25,26)/p+1/t12-/m0/s1. The summed E-state index contributed by atoms with van der Waals surface area (Å²) in [5.74, 6) is 0.749. The molecule has 1 atom stereocenters. The predicted octanol–water partition coefficient (Wildman–Crippen LogP) is 1.29. The highest BCUT2D eigenvalue weighted by atomic mass is 16.5. The molecule has 10 heteroatoms. The second kappa shape index (κ2) is 9.02. The number of anilines is 1. The van der Waals surface area contributed by atoms with Crippen molar-refractivity contribution in [1.82, 2.24) is 19.4 Å². The Labute approximate surface area is 168 Å². The van der Waals surface area contributed by atoms with Gasteiger partial charge < -0.3 is 20.2 Å². The molecule has 0 saturated heterocycles. The van der Waals surface area contributed by atoms with E-state index in [-0.39, 0.29) is 6.04 Å². The van der Waals surface area contributed by atoms with E-state index in [1.165, 1.54) is 6.20 Å². The van der Waals surface area contributed by atoms with Crippen LogP contribution in [0.2, 0.25) is 0 Å². The molecule has 0 unspecified atom stereocenters. The van der Waals surface area contributed by atoms with Crippen LogP contribution in [-0.2, 0) is 11.3 Å². The van der Waals surface area contributed by atoms with Crippen LogP contribution in [0.3, 0.4) is 0 Å². The third-order valence-corrected chi connectivity index (χ3v) is 4.37. The van der Waals surface area contributed by atoms with E-state index >= 15 is 0 Å². The molecular weight excluding hydrogens is 370 g/mol. The summed E-state index contributed by atoms with van der Waals surface area (Å²) in [5.41, 5.74) is 15.2. The number of nitrogens with zero attached hydrogens (tertiary/aromatic N) is 6. The lowest BCUT2D eigenvalue weighted by molar-refractivity contribution is -0.210. The molecule has 0 radical (unpaired) electrons. The van der Waals surface area contributed by atoms with Crippen molar-refractivity contribution >= 4 is 29.1 Å². The lowest BCUT2D eigenvalue weighted by Gasteiger charge is -2.16. The van der Waals surface area contributed by atoms with Gasteiger partial charge in [-0.25, -0.2) is 15.0 Å². The number of rotatable bonds is 8. The monoisotopic (exact) mass is 394 g/mol. The van der Waals surface area contributed by atoms with Gasteiger partial charge in [-0.1, -0.05) is 6.07 Å². The Bertz CT molecular complexity index is 1070. The average Bonchev–Trinajstić information content (AvgIpc) is 3.14. The molecule has 3 aromatic heterocycles. The first-order chi connectivity index (χ1) is 14.1. The van der Waals surface area contributed by atoms with Crippen LogP contribution in [0.25, 0.3) is 11.2 Å². The number of allylic oxidation sites excluding steroid dienone is 1. The number of ether oxygens (including phenoxy) is 1. The number of nitrogens with one attached hydrogen (secondary N) is 1. The predicted molar refractivity (Wildman–Crippen MR) is 111 cm³/mol. The minimum absolute atomic E-state index is 0.104. The van der Waals surface area contributed by atoms with Crippen LogP contribution < -0.4 is 16.6 Å². The van der Waals surface area contributed by atoms with Gasteiger partial charge in [-0.05, 0) is 18.6 Å². The molecule has 0 aliphatic rings. The summed E-state index contributed by atoms with van der Waals surface area (Å²) >= 11 is 0. The zero-order chi connectivity index (χ0) is 20.8. The Kier molecular flexibility index (Phi) is 6.25. The summed E-state index contributed by atoms with van der Waals surface area (Å²) in [4.78, 5) is 17.2. The fourth-order valence-electron chi connectivity index (χ4n) is 2.89. The molecule has 0 fully saturated rings. The van der Waals surface area contributed by atoms with Gasteiger partial charge in [-0.15, -0.1) is 0 Å². The lowest BCUT2D eigenvalue weighted by atomic mass is 10.1. The number of nitrogens with two attached hydrogens (primary N) is 2. The highest BCUT2D eigenvalue weighted by molar-refractivity contribution is 6.08. The van der Waals surface area contributed by atoms with Crippen molar-refractivity contribution in [2.45, 2.75) is 19.6 Å². The van der Waals surface area contributed by atoms with E-state index in [0.29, 0.717) is 29.5 Å². The SMILES string of the molecule is CN=CC(=CN)c1cnc(N=[NH2+])c(N[C@@H](C)c2ccc3ncc(COC)n3c2)n1. The van der Waals surface area contributed by atoms with Gasteiger partial charge in [-0.2, -0.15) is 5.53 Å². The fraction of sp³-hybridized carbons (Fsp3) is 0.263. The number of methoxy groups -OCH3 is 1. The molecule has 3 heterocycles. The van der Waals surface area contributed by atoms with Crippen LogP contribution in [0.4, 0.5) is 11.6 Å². The number of aliphatic imine (C=N–C) groups is 1. The van der Waals surface area contributed by atoms with E-state index in [2.05, 4.69) is 30.4 Å². The van der Waals surface area contributed by atoms with Gasteiger partial charge in [0.2, 0.25) is 0 Å². The molecule has 3 rings (SSSR count). The van der Waals surface area contributed by atoms with Crippen LogP contribution in [-0.4, -0.2) is 39.7 Å². The van der Waals surface area contributed by atoms with E-state index in [1.54, 1.807) is 32.8 Å². The minimum Gasteiger partial charge on any atom is -0.404 e. The molecule has 0 spiro atoms. The Balaban J connectivity index is 1.93. The molecule has 0 aliphatic heterocycles. The Hall–Kier alpha value is -3.66. The summed E-state index contributed by atoms with van der Waals surface area (Å²) in [5, 5.41) is 7.04. The Morgan fingerprint density at radius 3 is 2.90 bits per heavy atom. The smallest absolute Gasteiger partial charge is 0.261 e. The topological polar surface area (TPSA) is 141 Å². The maximum Gasteiger partial charge on any atom is 0.261 e. The highest BCUT2D eigenvalue weighted by Crippen LogP contribution is 2.26. The van der Waals surface area contributed by atoms with Crippen LogP contribution in [0, 0.1) is 0 Å². The maximum absolute atomic E-state index is 5.68. The third-order valence-electron chi connectivity index (χ3n) is 4.37. The van der Waals surface area contributed by atoms with Crippen molar-refractivity contribution in [2.75, 3.05) is 19.5 Å². The van der Waals surface area contributed by atoms with Crippen LogP contribution >= 0.6 is 0 Å². The average molecular weight is 394 g/mol. The minimum atomic E-state index is -0.104. The van der Waals surface area contributed by atoms with Crippen molar-refractivity contribution in [3.63, 3.8) is 0 Å². The van der Waals surface area contributed by atoms with Crippen LogP contribution in [0.15, 0.2) is 47.0 Å². The third kappa shape index (κ3) is 4.27. The molecule has 0 bridgehead atoms. The first-order valence-corrected chi connectivity index (χ1v) is 8.95. The quantitative estimate of drug-likeness (QED) is 0.388. The number of pyridine rings is 1. The number of hydrogen-bond donors (Lipinski definition) is 3. The first-order valence-electron chi connectivity index (χ1n) is 8.95. The number of fused-ring (bicyclic) bond motifs is 1. The molecule has 5 N–H and O–H groups in total. The van der Waals surface area contributed by atoms with Gasteiger partial charge in [0.15, 0.2) is 5.82 Å². The van der Waals surface area contributed by atoms with Crippen molar-refractivity contribution < 1.29 is 10.3 Å². The van der Waals surface area contributed by atoms with Crippen molar-refractivity contribution in [3.05, 3.63) is 53.9 Å². The summed E-state index contributed by atoms with van der Waals surface area (Å²) in [6.07, 6.45) is 8.40. The van der Waals surface area contributed by atoms with E-state index in [0.717, 1.165) is 16.9 Å². The number of aromatic nitrogens is 4. The van der Waals surface area contributed by atoms with Crippen LogP contribution in [0.1, 0.15) is 29.9 Å². The van der Waals surface area contributed by atoms with Gasteiger partial charge in [0, 0.05) is 43.5 Å². The van der Waals surface area contributed by atoms with Gasteiger partial charge in [0.05, 0.1) is 36.4 Å². The normalized spacial score (nSPS) is 13.1. The largest absolute Gasteiger partial charge is 0.404 e. The molecular formula is C19H24N9O+. The summed E-state index contributed by atoms with van der Waals surface area (Å²) in [6.45, 7) is 2.49. The van der Waals surface area contributed by atoms with Crippen molar-refractivity contribution in [1.29, 1.82) is 0 Å². The van der Waals surface area contributed by atoms with E-state index in [9.17, 15) is 0 Å². The zero-order valence-electron chi connectivity index (χ0n) is 16.6. The molecule has 0 amide bonds.